The zero-order valence-corrected chi connectivity index (χ0v) is 10.7. The highest BCUT2D eigenvalue weighted by Gasteiger charge is 2.30. The first kappa shape index (κ1) is 12.9. The molecule has 1 heterocycles. The standard InChI is InChI=1S/C12H20N4O2/c1-6(2)8(17)5-14-12(18)11-9(13)10(15-16-11)7-3-4-7/h6-8,17H,3-5,13H2,1-2H3,(H,14,18)(H,15,16). The van der Waals surface area contributed by atoms with E-state index in [1.165, 1.54) is 0 Å². The molecule has 1 saturated carbocycles. The van der Waals surface area contributed by atoms with E-state index in [2.05, 4.69) is 15.5 Å². The molecule has 6 nitrogen and oxygen atoms in total. The average Bonchev–Trinajstić information content (AvgIpc) is 3.09. The lowest BCUT2D eigenvalue weighted by Gasteiger charge is -2.14. The third-order valence-corrected chi connectivity index (χ3v) is 3.28. The number of carbonyl (C=O) groups excluding carboxylic acids is 1. The number of amides is 1. The summed E-state index contributed by atoms with van der Waals surface area (Å²) in [4.78, 5) is 11.9. The third kappa shape index (κ3) is 2.64. The molecule has 0 bridgehead atoms. The summed E-state index contributed by atoms with van der Waals surface area (Å²) in [6.07, 6.45) is 1.64. The monoisotopic (exact) mass is 252 g/mol. The van der Waals surface area contributed by atoms with Crippen molar-refractivity contribution in [2.75, 3.05) is 12.3 Å². The lowest BCUT2D eigenvalue weighted by molar-refractivity contribution is 0.0868. The minimum Gasteiger partial charge on any atom is -0.395 e. The second-order valence-electron chi connectivity index (χ2n) is 5.20. The Morgan fingerprint density at radius 3 is 2.83 bits per heavy atom. The van der Waals surface area contributed by atoms with Crippen LogP contribution in [-0.2, 0) is 0 Å². The minimum atomic E-state index is -0.558. The van der Waals surface area contributed by atoms with Gasteiger partial charge < -0.3 is 16.2 Å². The molecular formula is C12H20N4O2. The van der Waals surface area contributed by atoms with Crippen molar-refractivity contribution in [1.29, 1.82) is 0 Å². The van der Waals surface area contributed by atoms with Crippen molar-refractivity contribution >= 4 is 11.6 Å². The summed E-state index contributed by atoms with van der Waals surface area (Å²) in [6, 6.07) is 0. The van der Waals surface area contributed by atoms with Crippen LogP contribution < -0.4 is 11.1 Å². The van der Waals surface area contributed by atoms with Gasteiger partial charge in [0.15, 0.2) is 5.69 Å². The predicted molar refractivity (Wildman–Crippen MR) is 68.2 cm³/mol. The van der Waals surface area contributed by atoms with E-state index in [9.17, 15) is 9.90 Å². The van der Waals surface area contributed by atoms with Gasteiger partial charge in [-0.1, -0.05) is 13.8 Å². The number of nitrogens with one attached hydrogen (secondary N) is 2. The molecule has 18 heavy (non-hydrogen) atoms. The molecule has 1 aliphatic rings. The quantitative estimate of drug-likeness (QED) is 0.616. The SMILES string of the molecule is CC(C)C(O)CNC(=O)c1n[nH]c(C2CC2)c1N. The van der Waals surface area contributed by atoms with Crippen LogP contribution in [0.2, 0.25) is 0 Å². The molecule has 1 amide bonds. The van der Waals surface area contributed by atoms with Crippen molar-refractivity contribution in [2.24, 2.45) is 5.92 Å². The zero-order valence-electron chi connectivity index (χ0n) is 10.7. The number of anilines is 1. The number of nitrogen functional groups attached to an aromatic ring is 1. The summed E-state index contributed by atoms with van der Waals surface area (Å²) >= 11 is 0. The van der Waals surface area contributed by atoms with E-state index in [1.807, 2.05) is 13.8 Å². The molecule has 100 valence electrons. The van der Waals surface area contributed by atoms with Crippen LogP contribution in [0, 0.1) is 5.92 Å². The summed E-state index contributed by atoms with van der Waals surface area (Å²) in [5, 5.41) is 19.0. The number of aromatic nitrogens is 2. The molecule has 0 aromatic carbocycles. The van der Waals surface area contributed by atoms with Crippen LogP contribution in [0.15, 0.2) is 0 Å². The van der Waals surface area contributed by atoms with Gasteiger partial charge in [0.1, 0.15) is 0 Å². The van der Waals surface area contributed by atoms with Gasteiger partial charge in [-0.2, -0.15) is 5.10 Å². The van der Waals surface area contributed by atoms with Gasteiger partial charge in [0.25, 0.3) is 5.91 Å². The fourth-order valence-electron chi connectivity index (χ4n) is 1.74. The minimum absolute atomic E-state index is 0.101. The third-order valence-electron chi connectivity index (χ3n) is 3.28. The molecular weight excluding hydrogens is 232 g/mol. The maximum atomic E-state index is 11.9. The highest BCUT2D eigenvalue weighted by atomic mass is 16.3. The van der Waals surface area contributed by atoms with Crippen LogP contribution in [0.25, 0.3) is 0 Å². The van der Waals surface area contributed by atoms with Crippen molar-refractivity contribution < 1.29 is 9.90 Å². The van der Waals surface area contributed by atoms with Gasteiger partial charge in [-0.05, 0) is 18.8 Å². The van der Waals surface area contributed by atoms with E-state index < -0.39 is 6.10 Å². The van der Waals surface area contributed by atoms with Crippen LogP contribution in [0.3, 0.4) is 0 Å². The Hall–Kier alpha value is -1.56. The van der Waals surface area contributed by atoms with E-state index in [0.717, 1.165) is 18.5 Å². The molecule has 0 spiro atoms. The van der Waals surface area contributed by atoms with Crippen LogP contribution in [-0.4, -0.2) is 33.9 Å². The fourth-order valence-corrected chi connectivity index (χ4v) is 1.74. The topological polar surface area (TPSA) is 104 Å². The summed E-state index contributed by atoms with van der Waals surface area (Å²) in [6.45, 7) is 4.00. The normalized spacial score (nSPS) is 16.9. The van der Waals surface area contributed by atoms with E-state index in [1.54, 1.807) is 0 Å². The smallest absolute Gasteiger partial charge is 0.274 e. The molecule has 0 saturated heterocycles. The van der Waals surface area contributed by atoms with E-state index in [-0.39, 0.29) is 24.1 Å². The molecule has 1 aromatic heterocycles. The molecule has 1 fully saturated rings. The first-order valence-corrected chi connectivity index (χ1v) is 6.30. The maximum absolute atomic E-state index is 11.9. The van der Waals surface area contributed by atoms with Gasteiger partial charge in [0.05, 0.1) is 17.5 Å². The van der Waals surface area contributed by atoms with Crippen molar-refractivity contribution in [3.8, 4) is 0 Å². The van der Waals surface area contributed by atoms with E-state index in [4.69, 9.17) is 5.73 Å². The molecule has 5 N–H and O–H groups in total. The molecule has 6 heteroatoms. The first-order chi connectivity index (χ1) is 8.50. The van der Waals surface area contributed by atoms with Crippen LogP contribution in [0.4, 0.5) is 5.69 Å². The van der Waals surface area contributed by atoms with Gasteiger partial charge in [0, 0.05) is 12.5 Å². The number of hydrogen-bond donors (Lipinski definition) is 4. The number of rotatable bonds is 5. The van der Waals surface area contributed by atoms with Gasteiger partial charge in [-0.15, -0.1) is 0 Å². The number of hydrogen-bond acceptors (Lipinski definition) is 4. The average molecular weight is 252 g/mol. The van der Waals surface area contributed by atoms with E-state index in [0.29, 0.717) is 11.6 Å². The lowest BCUT2D eigenvalue weighted by atomic mass is 10.1. The van der Waals surface area contributed by atoms with Gasteiger partial charge in [0.2, 0.25) is 0 Å². The largest absolute Gasteiger partial charge is 0.395 e. The number of aromatic amines is 1. The van der Waals surface area contributed by atoms with Gasteiger partial charge in [-0.3, -0.25) is 9.89 Å². The highest BCUT2D eigenvalue weighted by molar-refractivity contribution is 5.97. The van der Waals surface area contributed by atoms with Crippen LogP contribution >= 0.6 is 0 Å². The Morgan fingerprint density at radius 2 is 2.28 bits per heavy atom. The fraction of sp³-hybridized carbons (Fsp3) is 0.667. The second kappa shape index (κ2) is 4.97. The maximum Gasteiger partial charge on any atom is 0.274 e. The molecule has 1 atom stereocenters. The summed E-state index contributed by atoms with van der Waals surface area (Å²) in [5.41, 5.74) is 7.43. The molecule has 0 aliphatic heterocycles. The number of H-pyrrole nitrogens is 1. The molecule has 0 radical (unpaired) electrons. The first-order valence-electron chi connectivity index (χ1n) is 6.30. The van der Waals surface area contributed by atoms with Gasteiger partial charge in [-0.25, -0.2) is 0 Å². The second-order valence-corrected chi connectivity index (χ2v) is 5.20. The Balaban J connectivity index is 1.96. The Labute approximate surface area is 106 Å². The van der Waals surface area contributed by atoms with Crippen molar-refractivity contribution in [1.82, 2.24) is 15.5 Å². The Morgan fingerprint density at radius 1 is 1.61 bits per heavy atom. The molecule has 2 rings (SSSR count). The summed E-state index contributed by atoms with van der Waals surface area (Å²) in [5.74, 6) is 0.194. The highest BCUT2D eigenvalue weighted by Crippen LogP contribution is 2.42. The molecule has 1 aliphatic carbocycles. The Bertz CT molecular complexity index is 437. The predicted octanol–water partition coefficient (Wildman–Crippen LogP) is 0.616. The molecule has 1 aromatic rings. The number of aliphatic hydroxyl groups excluding tert-OH is 1. The van der Waals surface area contributed by atoms with Crippen LogP contribution in [0.1, 0.15) is 48.8 Å². The number of aliphatic hydroxyl groups is 1. The summed E-state index contributed by atoms with van der Waals surface area (Å²) in [7, 11) is 0. The lowest BCUT2D eigenvalue weighted by Crippen LogP contribution is -2.35. The Kier molecular flexibility index (Phi) is 3.56. The van der Waals surface area contributed by atoms with Gasteiger partial charge >= 0.3 is 0 Å². The molecule has 1 unspecified atom stereocenters. The van der Waals surface area contributed by atoms with Crippen LogP contribution in [0.5, 0.6) is 0 Å². The zero-order chi connectivity index (χ0) is 13.3. The van der Waals surface area contributed by atoms with Crippen molar-refractivity contribution in [3.05, 3.63) is 11.4 Å². The van der Waals surface area contributed by atoms with Crippen molar-refractivity contribution in [3.63, 3.8) is 0 Å². The number of nitrogens with two attached hydrogens (primary N) is 1. The number of carbonyl (C=O) groups is 1. The van der Waals surface area contributed by atoms with Crippen molar-refractivity contribution in [2.45, 2.75) is 38.7 Å². The summed E-state index contributed by atoms with van der Waals surface area (Å²) < 4.78 is 0. The number of nitrogens with zero attached hydrogens (tertiary/aromatic N) is 1. The van der Waals surface area contributed by atoms with E-state index >= 15 is 0 Å².